The largest absolute Gasteiger partial charge is 0.388 e. The molecule has 88 valence electrons. The zero-order valence-electron chi connectivity index (χ0n) is 10.1. The number of rotatable bonds is 5. The lowest BCUT2D eigenvalue weighted by molar-refractivity contribution is 0.511. The van der Waals surface area contributed by atoms with Crippen LogP contribution in [0.1, 0.15) is 39.3 Å². The van der Waals surface area contributed by atoms with Crippen molar-refractivity contribution in [3.05, 3.63) is 24.0 Å². The molecule has 0 unspecified atom stereocenters. The van der Waals surface area contributed by atoms with E-state index in [0.717, 1.165) is 18.5 Å². The molecule has 3 N–H and O–H groups in total. The molecule has 0 fully saturated rings. The van der Waals surface area contributed by atoms with Crippen molar-refractivity contribution >= 4 is 22.9 Å². The molecule has 0 saturated heterocycles. The van der Waals surface area contributed by atoms with Crippen molar-refractivity contribution in [1.82, 2.24) is 4.98 Å². The molecule has 0 spiro atoms. The Bertz CT molecular complexity index is 374. The van der Waals surface area contributed by atoms with Gasteiger partial charge in [0, 0.05) is 17.4 Å². The first kappa shape index (κ1) is 12.9. The smallest absolute Gasteiger partial charge is 0.122 e. The van der Waals surface area contributed by atoms with Gasteiger partial charge >= 0.3 is 0 Å². The summed E-state index contributed by atoms with van der Waals surface area (Å²) in [5, 5.41) is 3.46. The van der Waals surface area contributed by atoms with Crippen LogP contribution < -0.4 is 11.1 Å². The molecular weight excluding hydrogens is 218 g/mol. The number of anilines is 1. The van der Waals surface area contributed by atoms with Gasteiger partial charge in [-0.05, 0) is 32.4 Å². The van der Waals surface area contributed by atoms with Gasteiger partial charge in [-0.1, -0.05) is 25.6 Å². The Kier molecular flexibility index (Phi) is 4.24. The zero-order valence-corrected chi connectivity index (χ0v) is 10.9. The molecule has 1 aromatic rings. The minimum atomic E-state index is 0.0730. The van der Waals surface area contributed by atoms with Crippen LogP contribution in [0.3, 0.4) is 0 Å². The van der Waals surface area contributed by atoms with Gasteiger partial charge in [0.1, 0.15) is 4.99 Å². The minimum Gasteiger partial charge on any atom is -0.388 e. The first-order valence-corrected chi connectivity index (χ1v) is 5.89. The predicted molar refractivity (Wildman–Crippen MR) is 72.7 cm³/mol. The summed E-state index contributed by atoms with van der Waals surface area (Å²) in [6.45, 7) is 6.53. The monoisotopic (exact) mass is 237 g/mol. The molecule has 0 amide bonds. The lowest BCUT2D eigenvalue weighted by Gasteiger charge is -2.27. The fraction of sp³-hybridized carbons (Fsp3) is 0.500. The van der Waals surface area contributed by atoms with Gasteiger partial charge in [0.2, 0.25) is 0 Å². The molecule has 0 atom stereocenters. The molecule has 0 aliphatic heterocycles. The van der Waals surface area contributed by atoms with Crippen LogP contribution in [0.25, 0.3) is 0 Å². The van der Waals surface area contributed by atoms with Crippen molar-refractivity contribution in [3.8, 4) is 0 Å². The van der Waals surface area contributed by atoms with E-state index in [0.29, 0.717) is 10.7 Å². The van der Waals surface area contributed by atoms with E-state index < -0.39 is 0 Å². The van der Waals surface area contributed by atoms with E-state index in [4.69, 9.17) is 18.0 Å². The van der Waals surface area contributed by atoms with Crippen LogP contribution in [0.5, 0.6) is 0 Å². The van der Waals surface area contributed by atoms with Gasteiger partial charge < -0.3 is 11.1 Å². The molecule has 0 aliphatic carbocycles. The van der Waals surface area contributed by atoms with E-state index >= 15 is 0 Å². The van der Waals surface area contributed by atoms with Gasteiger partial charge in [-0.3, -0.25) is 4.98 Å². The highest BCUT2D eigenvalue weighted by atomic mass is 32.1. The maximum absolute atomic E-state index is 5.55. The maximum Gasteiger partial charge on any atom is 0.122 e. The lowest BCUT2D eigenvalue weighted by Crippen LogP contribution is -2.30. The summed E-state index contributed by atoms with van der Waals surface area (Å²) in [4.78, 5) is 4.44. The Morgan fingerprint density at radius 3 is 2.81 bits per heavy atom. The highest BCUT2D eigenvalue weighted by molar-refractivity contribution is 7.80. The van der Waals surface area contributed by atoms with E-state index in [9.17, 15) is 0 Å². The summed E-state index contributed by atoms with van der Waals surface area (Å²) >= 11 is 4.90. The van der Waals surface area contributed by atoms with Crippen molar-refractivity contribution in [1.29, 1.82) is 0 Å². The number of hydrogen-bond donors (Lipinski definition) is 2. The van der Waals surface area contributed by atoms with Gasteiger partial charge in [-0.15, -0.1) is 0 Å². The number of nitrogens with zero attached hydrogens (tertiary/aromatic N) is 1. The van der Waals surface area contributed by atoms with Crippen molar-refractivity contribution in [2.75, 3.05) is 5.32 Å². The molecule has 0 saturated carbocycles. The maximum atomic E-state index is 5.55. The minimum absolute atomic E-state index is 0.0730. The summed E-state index contributed by atoms with van der Waals surface area (Å²) in [5.74, 6) is 0. The number of aromatic nitrogens is 1. The first-order valence-electron chi connectivity index (χ1n) is 5.48. The molecule has 0 aliphatic rings. The number of nitrogens with two attached hydrogens (primary N) is 1. The topological polar surface area (TPSA) is 50.9 Å². The first-order chi connectivity index (χ1) is 7.44. The molecule has 1 heterocycles. The third-order valence-corrected chi connectivity index (χ3v) is 2.58. The fourth-order valence-electron chi connectivity index (χ4n) is 1.72. The van der Waals surface area contributed by atoms with E-state index in [1.54, 1.807) is 6.20 Å². The van der Waals surface area contributed by atoms with Gasteiger partial charge in [0.25, 0.3) is 0 Å². The van der Waals surface area contributed by atoms with Crippen LogP contribution in [0.15, 0.2) is 18.3 Å². The third-order valence-electron chi connectivity index (χ3n) is 2.37. The van der Waals surface area contributed by atoms with Crippen LogP contribution in [0.4, 0.5) is 5.69 Å². The molecular formula is C12H19N3S. The van der Waals surface area contributed by atoms with Crippen LogP contribution in [-0.2, 0) is 0 Å². The Morgan fingerprint density at radius 1 is 1.56 bits per heavy atom. The third kappa shape index (κ3) is 3.77. The average Bonchev–Trinajstić information content (AvgIpc) is 2.17. The summed E-state index contributed by atoms with van der Waals surface area (Å²) in [7, 11) is 0. The standard InChI is InChI=1S/C12H19N3S/c1-4-6-12(2,3)15-9-5-7-14-10(8-9)11(13)16/h5,7-8H,4,6H2,1-3H3,(H2,13,16)(H,14,15). The second-order valence-electron chi connectivity index (χ2n) is 4.55. The second-order valence-corrected chi connectivity index (χ2v) is 4.99. The van der Waals surface area contributed by atoms with E-state index in [2.05, 4.69) is 31.1 Å². The Hall–Kier alpha value is -1.16. The van der Waals surface area contributed by atoms with E-state index in [1.807, 2.05) is 12.1 Å². The van der Waals surface area contributed by atoms with Crippen molar-refractivity contribution in [2.24, 2.45) is 5.73 Å². The quantitative estimate of drug-likeness (QED) is 0.773. The van der Waals surface area contributed by atoms with Gasteiger partial charge in [0.15, 0.2) is 0 Å². The van der Waals surface area contributed by atoms with E-state index in [-0.39, 0.29) is 5.54 Å². The SMILES string of the molecule is CCCC(C)(C)Nc1ccnc(C(N)=S)c1. The van der Waals surface area contributed by atoms with Gasteiger partial charge in [-0.2, -0.15) is 0 Å². The second kappa shape index (κ2) is 5.25. The van der Waals surface area contributed by atoms with Crippen LogP contribution in [0, 0.1) is 0 Å². The van der Waals surface area contributed by atoms with Crippen LogP contribution >= 0.6 is 12.2 Å². The summed E-state index contributed by atoms with van der Waals surface area (Å²) in [6, 6.07) is 3.82. The Morgan fingerprint density at radius 2 is 2.25 bits per heavy atom. The number of pyridine rings is 1. The number of nitrogens with one attached hydrogen (secondary N) is 1. The predicted octanol–water partition coefficient (Wildman–Crippen LogP) is 2.71. The summed E-state index contributed by atoms with van der Waals surface area (Å²) in [6.07, 6.45) is 3.98. The highest BCUT2D eigenvalue weighted by Gasteiger charge is 2.16. The average molecular weight is 237 g/mol. The lowest BCUT2D eigenvalue weighted by atomic mass is 9.98. The molecule has 1 aromatic heterocycles. The molecule has 4 heteroatoms. The molecule has 0 radical (unpaired) electrons. The summed E-state index contributed by atoms with van der Waals surface area (Å²) < 4.78 is 0. The van der Waals surface area contributed by atoms with Crippen LogP contribution in [-0.4, -0.2) is 15.5 Å². The van der Waals surface area contributed by atoms with Crippen molar-refractivity contribution < 1.29 is 0 Å². The molecule has 0 bridgehead atoms. The zero-order chi connectivity index (χ0) is 12.2. The van der Waals surface area contributed by atoms with Crippen molar-refractivity contribution in [2.45, 2.75) is 39.2 Å². The molecule has 16 heavy (non-hydrogen) atoms. The van der Waals surface area contributed by atoms with Gasteiger partial charge in [-0.25, -0.2) is 0 Å². The number of thiocarbonyl (C=S) groups is 1. The van der Waals surface area contributed by atoms with Crippen molar-refractivity contribution in [3.63, 3.8) is 0 Å². The summed E-state index contributed by atoms with van der Waals surface area (Å²) in [5.41, 5.74) is 7.29. The van der Waals surface area contributed by atoms with Gasteiger partial charge in [0.05, 0.1) is 5.69 Å². The Balaban J connectivity index is 2.81. The Labute approximate surface area is 102 Å². The molecule has 0 aromatic carbocycles. The van der Waals surface area contributed by atoms with E-state index in [1.165, 1.54) is 0 Å². The molecule has 3 nitrogen and oxygen atoms in total. The highest BCUT2D eigenvalue weighted by Crippen LogP contribution is 2.19. The fourth-order valence-corrected chi connectivity index (χ4v) is 1.83. The normalized spacial score (nSPS) is 11.2. The molecule has 1 rings (SSSR count). The number of hydrogen-bond acceptors (Lipinski definition) is 3. The van der Waals surface area contributed by atoms with Crippen LogP contribution in [0.2, 0.25) is 0 Å².